The van der Waals surface area contributed by atoms with Crippen LogP contribution in [0.15, 0.2) is 59.5 Å². The first kappa shape index (κ1) is 14.1. The molecule has 0 atom stereocenters. The fraction of sp³-hybridized carbons (Fsp3) is 0.133. The van der Waals surface area contributed by atoms with Crippen LogP contribution in [-0.2, 0) is 10.0 Å². The molecular formula is C15H14N2O2S. The van der Waals surface area contributed by atoms with Gasteiger partial charge in [-0.15, -0.1) is 0 Å². The summed E-state index contributed by atoms with van der Waals surface area (Å²) < 4.78 is 26.7. The lowest BCUT2D eigenvalue weighted by Crippen LogP contribution is -2.31. The molecule has 0 aliphatic heterocycles. The van der Waals surface area contributed by atoms with Gasteiger partial charge in [-0.25, -0.2) is 8.42 Å². The maximum Gasteiger partial charge on any atom is 0.265 e. The fourth-order valence-electron chi connectivity index (χ4n) is 1.99. The first-order valence-corrected chi connectivity index (χ1v) is 7.62. The molecule has 0 amide bonds. The number of nitriles is 1. The van der Waals surface area contributed by atoms with Crippen molar-refractivity contribution in [3.63, 3.8) is 0 Å². The van der Waals surface area contributed by atoms with Crippen LogP contribution in [0, 0.1) is 11.3 Å². The lowest BCUT2D eigenvalue weighted by Gasteiger charge is -2.23. The van der Waals surface area contributed by atoms with Gasteiger partial charge in [-0.3, -0.25) is 4.31 Å². The van der Waals surface area contributed by atoms with Crippen molar-refractivity contribution in [3.05, 3.63) is 60.2 Å². The molecule has 0 heterocycles. The minimum Gasteiger partial charge on any atom is -0.267 e. The van der Waals surface area contributed by atoms with E-state index in [0.717, 1.165) is 0 Å². The molecule has 0 spiro atoms. The van der Waals surface area contributed by atoms with Crippen LogP contribution < -0.4 is 4.31 Å². The summed E-state index contributed by atoms with van der Waals surface area (Å²) in [6, 6.07) is 17.0. The number of rotatable bonds is 4. The highest BCUT2D eigenvalue weighted by Crippen LogP contribution is 2.25. The molecule has 0 bridgehead atoms. The van der Waals surface area contributed by atoms with Gasteiger partial charge in [0.05, 0.1) is 11.3 Å². The van der Waals surface area contributed by atoms with Crippen LogP contribution in [0.5, 0.6) is 0 Å². The van der Waals surface area contributed by atoms with Crippen molar-refractivity contribution in [1.29, 1.82) is 5.26 Å². The smallest absolute Gasteiger partial charge is 0.265 e. The van der Waals surface area contributed by atoms with E-state index in [1.807, 2.05) is 12.1 Å². The van der Waals surface area contributed by atoms with Crippen LogP contribution >= 0.6 is 0 Å². The number of anilines is 1. The Balaban J connectivity index is 2.57. The molecule has 20 heavy (non-hydrogen) atoms. The van der Waals surface area contributed by atoms with Gasteiger partial charge in [-0.1, -0.05) is 30.3 Å². The number of sulfonamides is 1. The van der Waals surface area contributed by atoms with E-state index in [4.69, 9.17) is 5.26 Å². The molecule has 0 aromatic heterocycles. The molecule has 2 rings (SSSR count). The predicted octanol–water partition coefficient (Wildman–Crippen LogP) is 2.77. The monoisotopic (exact) mass is 286 g/mol. The zero-order valence-electron chi connectivity index (χ0n) is 11.0. The first-order chi connectivity index (χ1) is 9.61. The highest BCUT2D eigenvalue weighted by Gasteiger charge is 2.25. The quantitative estimate of drug-likeness (QED) is 0.868. The maximum absolute atomic E-state index is 12.7. The third-order valence-corrected chi connectivity index (χ3v) is 4.87. The zero-order chi connectivity index (χ0) is 14.6. The standard InChI is InChI=1S/C15H14N2O2S/c1-2-17(14-9-4-3-5-10-14)20(18,19)15-11-7-6-8-13(15)12-16/h3-11H,2H2,1H3. The Morgan fingerprint density at radius 1 is 1.05 bits per heavy atom. The Hall–Kier alpha value is -2.32. The summed E-state index contributed by atoms with van der Waals surface area (Å²) in [7, 11) is -3.74. The normalized spacial score (nSPS) is 10.8. The van der Waals surface area contributed by atoms with Crippen LogP contribution in [0.25, 0.3) is 0 Å². The Bertz CT molecular complexity index is 734. The van der Waals surface area contributed by atoms with E-state index in [-0.39, 0.29) is 10.5 Å². The lowest BCUT2D eigenvalue weighted by molar-refractivity contribution is 0.591. The molecule has 2 aromatic carbocycles. The van der Waals surface area contributed by atoms with Gasteiger partial charge in [-0.05, 0) is 31.2 Å². The molecular weight excluding hydrogens is 272 g/mol. The van der Waals surface area contributed by atoms with Gasteiger partial charge in [0.2, 0.25) is 0 Å². The third kappa shape index (κ3) is 2.51. The number of benzene rings is 2. The van der Waals surface area contributed by atoms with E-state index >= 15 is 0 Å². The van der Waals surface area contributed by atoms with Crippen LogP contribution in [-0.4, -0.2) is 15.0 Å². The first-order valence-electron chi connectivity index (χ1n) is 6.18. The summed E-state index contributed by atoms with van der Waals surface area (Å²) in [5.41, 5.74) is 0.740. The topological polar surface area (TPSA) is 61.2 Å². The molecule has 0 saturated carbocycles. The molecule has 0 saturated heterocycles. The second-order valence-corrected chi connectivity index (χ2v) is 5.94. The molecule has 0 radical (unpaired) electrons. The van der Waals surface area contributed by atoms with E-state index in [2.05, 4.69) is 0 Å². The molecule has 0 aliphatic carbocycles. The third-order valence-electron chi connectivity index (χ3n) is 2.91. The molecule has 4 nitrogen and oxygen atoms in total. The minimum atomic E-state index is -3.74. The van der Waals surface area contributed by atoms with Gasteiger partial charge in [0.25, 0.3) is 10.0 Å². The highest BCUT2D eigenvalue weighted by atomic mass is 32.2. The maximum atomic E-state index is 12.7. The molecule has 102 valence electrons. The van der Waals surface area contributed by atoms with E-state index in [9.17, 15) is 8.42 Å². The van der Waals surface area contributed by atoms with Gasteiger partial charge < -0.3 is 0 Å². The van der Waals surface area contributed by atoms with E-state index in [1.165, 1.54) is 16.4 Å². The van der Waals surface area contributed by atoms with Crippen molar-refractivity contribution in [3.8, 4) is 6.07 Å². The van der Waals surface area contributed by atoms with E-state index in [1.54, 1.807) is 43.3 Å². The summed E-state index contributed by atoms with van der Waals surface area (Å²) in [6.07, 6.45) is 0. The number of para-hydroxylation sites is 1. The number of nitrogens with zero attached hydrogens (tertiary/aromatic N) is 2. The molecule has 0 N–H and O–H groups in total. The summed E-state index contributed by atoms with van der Waals surface area (Å²) >= 11 is 0. The zero-order valence-corrected chi connectivity index (χ0v) is 11.8. The Morgan fingerprint density at radius 3 is 2.25 bits per heavy atom. The van der Waals surface area contributed by atoms with Gasteiger partial charge in [0, 0.05) is 6.54 Å². The van der Waals surface area contributed by atoms with Gasteiger partial charge in [0.1, 0.15) is 11.0 Å². The van der Waals surface area contributed by atoms with Gasteiger partial charge >= 0.3 is 0 Å². The van der Waals surface area contributed by atoms with E-state index in [0.29, 0.717) is 12.2 Å². The van der Waals surface area contributed by atoms with Crippen molar-refractivity contribution in [2.24, 2.45) is 0 Å². The molecule has 5 heteroatoms. The van der Waals surface area contributed by atoms with Crippen molar-refractivity contribution in [1.82, 2.24) is 0 Å². The Labute approximate surface area is 118 Å². The summed E-state index contributed by atoms with van der Waals surface area (Å²) in [6.45, 7) is 2.06. The summed E-state index contributed by atoms with van der Waals surface area (Å²) in [5.74, 6) is 0. The minimum absolute atomic E-state index is 0.0354. The van der Waals surface area contributed by atoms with Crippen LogP contribution in [0.3, 0.4) is 0 Å². The van der Waals surface area contributed by atoms with Crippen LogP contribution in [0.2, 0.25) is 0 Å². The molecule has 0 aliphatic rings. The lowest BCUT2D eigenvalue weighted by atomic mass is 10.2. The fourth-order valence-corrected chi connectivity index (χ4v) is 3.61. The van der Waals surface area contributed by atoms with Gasteiger partial charge in [0.15, 0.2) is 0 Å². The summed E-state index contributed by atoms with van der Waals surface area (Å²) in [5, 5.41) is 9.07. The van der Waals surface area contributed by atoms with Crippen molar-refractivity contribution < 1.29 is 8.42 Å². The van der Waals surface area contributed by atoms with Crippen molar-refractivity contribution in [2.45, 2.75) is 11.8 Å². The average Bonchev–Trinajstić information content (AvgIpc) is 2.48. The van der Waals surface area contributed by atoms with Crippen LogP contribution in [0.4, 0.5) is 5.69 Å². The second-order valence-electron chi connectivity index (χ2n) is 4.11. The Kier molecular flexibility index (Phi) is 4.06. The summed E-state index contributed by atoms with van der Waals surface area (Å²) in [4.78, 5) is 0.0354. The average molecular weight is 286 g/mol. The van der Waals surface area contributed by atoms with Gasteiger partial charge in [-0.2, -0.15) is 5.26 Å². The predicted molar refractivity (Wildman–Crippen MR) is 77.8 cm³/mol. The SMILES string of the molecule is CCN(c1ccccc1)S(=O)(=O)c1ccccc1C#N. The highest BCUT2D eigenvalue weighted by molar-refractivity contribution is 7.92. The van der Waals surface area contributed by atoms with E-state index < -0.39 is 10.0 Å². The Morgan fingerprint density at radius 2 is 1.65 bits per heavy atom. The molecule has 2 aromatic rings. The number of hydrogen-bond donors (Lipinski definition) is 0. The molecule has 0 unspecified atom stereocenters. The van der Waals surface area contributed by atoms with Crippen LogP contribution in [0.1, 0.15) is 12.5 Å². The second kappa shape index (κ2) is 5.76. The number of hydrogen-bond acceptors (Lipinski definition) is 3. The molecule has 0 fully saturated rings. The van der Waals surface area contributed by atoms with Crippen molar-refractivity contribution in [2.75, 3.05) is 10.8 Å². The van der Waals surface area contributed by atoms with Crippen molar-refractivity contribution >= 4 is 15.7 Å². The largest absolute Gasteiger partial charge is 0.267 e.